The van der Waals surface area contributed by atoms with Gasteiger partial charge >= 0.3 is 0 Å². The first-order valence-corrected chi connectivity index (χ1v) is 17.0. The Morgan fingerprint density at radius 2 is 1.18 bits per heavy atom. The van der Waals surface area contributed by atoms with E-state index in [2.05, 4.69) is 170 Å². The highest BCUT2D eigenvalue weighted by atomic mass is 16.3. The minimum absolute atomic E-state index is 0.0924. The van der Waals surface area contributed by atoms with E-state index in [1.54, 1.807) is 0 Å². The Labute approximate surface area is 285 Å². The lowest BCUT2D eigenvalue weighted by molar-refractivity contribution is 0.660. The SMILES string of the molecule is CC1(C)c2ccccc2-c2c(N(c3ccc(-c4ccc5ccccc5c4)cc3)c3ccc4c(ccc5oc6ccccc6c54)c3)cccc21. The van der Waals surface area contributed by atoms with E-state index in [0.29, 0.717) is 0 Å². The summed E-state index contributed by atoms with van der Waals surface area (Å²) in [5.41, 5.74) is 12.9. The molecule has 2 nitrogen and oxygen atoms in total. The van der Waals surface area contributed by atoms with Crippen LogP contribution in [0.1, 0.15) is 25.0 Å². The molecule has 0 unspecified atom stereocenters. The quantitative estimate of drug-likeness (QED) is 0.193. The number of benzene rings is 8. The van der Waals surface area contributed by atoms with Gasteiger partial charge in [0.2, 0.25) is 0 Å². The van der Waals surface area contributed by atoms with Crippen LogP contribution in [0.3, 0.4) is 0 Å². The topological polar surface area (TPSA) is 16.4 Å². The Kier molecular flexibility index (Phi) is 5.95. The van der Waals surface area contributed by atoms with Crippen molar-refractivity contribution in [2.75, 3.05) is 4.90 Å². The van der Waals surface area contributed by atoms with Gasteiger partial charge in [-0.15, -0.1) is 0 Å². The van der Waals surface area contributed by atoms with Crippen LogP contribution in [0, 0.1) is 0 Å². The summed E-state index contributed by atoms with van der Waals surface area (Å²) >= 11 is 0. The van der Waals surface area contributed by atoms with Crippen LogP contribution in [0.15, 0.2) is 168 Å². The highest BCUT2D eigenvalue weighted by Gasteiger charge is 2.37. The lowest BCUT2D eigenvalue weighted by atomic mass is 9.82. The summed E-state index contributed by atoms with van der Waals surface area (Å²) in [5, 5.41) is 7.21. The molecule has 10 rings (SSSR count). The van der Waals surface area contributed by atoms with Gasteiger partial charge in [-0.25, -0.2) is 0 Å². The van der Waals surface area contributed by atoms with Gasteiger partial charge in [-0.1, -0.05) is 129 Å². The van der Waals surface area contributed by atoms with Gasteiger partial charge in [0.25, 0.3) is 0 Å². The van der Waals surface area contributed by atoms with Crippen LogP contribution in [0.2, 0.25) is 0 Å². The number of para-hydroxylation sites is 1. The summed E-state index contributed by atoms with van der Waals surface area (Å²) < 4.78 is 6.24. The van der Waals surface area contributed by atoms with Crippen molar-refractivity contribution in [3.8, 4) is 22.3 Å². The summed E-state index contributed by atoms with van der Waals surface area (Å²) in [7, 11) is 0. The van der Waals surface area contributed by atoms with Crippen molar-refractivity contribution in [1.29, 1.82) is 0 Å². The number of fused-ring (bicyclic) bond motifs is 9. The fourth-order valence-corrected chi connectivity index (χ4v) is 8.20. The number of anilines is 3. The van der Waals surface area contributed by atoms with E-state index in [0.717, 1.165) is 27.9 Å². The van der Waals surface area contributed by atoms with Crippen LogP contribution in [-0.2, 0) is 5.41 Å². The number of furan rings is 1. The Morgan fingerprint density at radius 1 is 0.469 bits per heavy atom. The predicted octanol–water partition coefficient (Wildman–Crippen LogP) is 13.3. The number of nitrogens with zero attached hydrogens (tertiary/aromatic N) is 1. The Bertz CT molecular complexity index is 2750. The molecular weight excluding hydrogens is 595 g/mol. The third-order valence-corrected chi connectivity index (χ3v) is 10.6. The zero-order valence-electron chi connectivity index (χ0n) is 27.4. The average Bonchev–Trinajstić information content (AvgIpc) is 3.65. The third-order valence-electron chi connectivity index (χ3n) is 10.6. The molecular formula is C47H33NO. The molecule has 0 aliphatic heterocycles. The molecule has 1 heterocycles. The molecule has 0 bridgehead atoms. The molecule has 0 fully saturated rings. The molecule has 0 saturated heterocycles. The summed E-state index contributed by atoms with van der Waals surface area (Å²) in [6.45, 7) is 4.70. The largest absolute Gasteiger partial charge is 0.456 e. The standard InChI is InChI=1S/C47H33NO/c1-47(2)40-14-7-5-12-38(40)46-41(47)15-9-16-42(46)48(35-23-20-31(21-24-35)33-19-18-30-10-3-4-11-32(30)28-33)36-25-26-37-34(29-36)22-27-44-45(37)39-13-6-8-17-43(39)49-44/h3-29H,1-2H3. The summed E-state index contributed by atoms with van der Waals surface area (Å²) in [6.07, 6.45) is 0. The number of rotatable bonds is 4. The first-order valence-electron chi connectivity index (χ1n) is 17.0. The second-order valence-electron chi connectivity index (χ2n) is 13.8. The maximum absolute atomic E-state index is 6.24. The average molecular weight is 628 g/mol. The molecule has 1 aromatic heterocycles. The summed E-state index contributed by atoms with van der Waals surface area (Å²) in [4.78, 5) is 2.44. The van der Waals surface area contributed by atoms with Gasteiger partial charge < -0.3 is 9.32 Å². The molecule has 0 atom stereocenters. The van der Waals surface area contributed by atoms with Gasteiger partial charge in [0.1, 0.15) is 11.2 Å². The second-order valence-corrected chi connectivity index (χ2v) is 13.8. The first kappa shape index (κ1) is 27.9. The van der Waals surface area contributed by atoms with E-state index in [4.69, 9.17) is 4.42 Å². The fourth-order valence-electron chi connectivity index (χ4n) is 8.20. The van der Waals surface area contributed by atoms with Crippen molar-refractivity contribution < 1.29 is 4.42 Å². The van der Waals surface area contributed by atoms with Gasteiger partial charge in [0, 0.05) is 33.1 Å². The molecule has 0 N–H and O–H groups in total. The van der Waals surface area contributed by atoms with E-state index in [1.165, 1.54) is 66.0 Å². The Morgan fingerprint density at radius 3 is 2.08 bits per heavy atom. The van der Waals surface area contributed by atoms with Gasteiger partial charge in [0.05, 0.1) is 5.69 Å². The fraction of sp³-hybridized carbons (Fsp3) is 0.0638. The molecule has 1 aliphatic rings. The molecule has 0 amide bonds. The molecule has 1 aliphatic carbocycles. The smallest absolute Gasteiger partial charge is 0.136 e. The molecule has 49 heavy (non-hydrogen) atoms. The normalized spacial score (nSPS) is 13.3. The van der Waals surface area contributed by atoms with Gasteiger partial charge in [0.15, 0.2) is 0 Å². The highest BCUT2D eigenvalue weighted by molar-refractivity contribution is 6.19. The number of hydrogen-bond donors (Lipinski definition) is 0. The minimum atomic E-state index is -0.0924. The molecule has 0 saturated carbocycles. The van der Waals surface area contributed by atoms with Gasteiger partial charge in [-0.05, 0) is 97.9 Å². The van der Waals surface area contributed by atoms with Crippen molar-refractivity contribution in [3.05, 3.63) is 175 Å². The van der Waals surface area contributed by atoms with Crippen molar-refractivity contribution in [1.82, 2.24) is 0 Å². The Hall–Kier alpha value is -6.12. The molecule has 9 aromatic rings. The van der Waals surface area contributed by atoms with Crippen LogP contribution in [0.4, 0.5) is 17.1 Å². The molecule has 2 heteroatoms. The van der Waals surface area contributed by atoms with E-state index >= 15 is 0 Å². The van der Waals surface area contributed by atoms with E-state index in [9.17, 15) is 0 Å². The monoisotopic (exact) mass is 627 g/mol. The zero-order valence-corrected chi connectivity index (χ0v) is 27.4. The van der Waals surface area contributed by atoms with Crippen LogP contribution in [0.25, 0.3) is 65.7 Å². The van der Waals surface area contributed by atoms with Gasteiger partial charge in [-0.3, -0.25) is 0 Å². The van der Waals surface area contributed by atoms with E-state index in [-0.39, 0.29) is 5.41 Å². The molecule has 232 valence electrons. The zero-order chi connectivity index (χ0) is 32.7. The van der Waals surface area contributed by atoms with Crippen LogP contribution < -0.4 is 4.90 Å². The lowest BCUT2D eigenvalue weighted by Crippen LogP contribution is -2.16. The van der Waals surface area contributed by atoms with Crippen LogP contribution in [-0.4, -0.2) is 0 Å². The van der Waals surface area contributed by atoms with Crippen LogP contribution in [0.5, 0.6) is 0 Å². The molecule has 8 aromatic carbocycles. The van der Waals surface area contributed by atoms with Crippen molar-refractivity contribution in [2.45, 2.75) is 19.3 Å². The Balaban J connectivity index is 1.18. The lowest BCUT2D eigenvalue weighted by Gasteiger charge is -2.29. The minimum Gasteiger partial charge on any atom is -0.456 e. The van der Waals surface area contributed by atoms with Crippen molar-refractivity contribution in [3.63, 3.8) is 0 Å². The van der Waals surface area contributed by atoms with E-state index in [1.807, 2.05) is 12.1 Å². The summed E-state index contributed by atoms with van der Waals surface area (Å²) in [6, 6.07) is 59.6. The van der Waals surface area contributed by atoms with Crippen molar-refractivity contribution in [2.24, 2.45) is 0 Å². The maximum atomic E-state index is 6.24. The van der Waals surface area contributed by atoms with Crippen LogP contribution >= 0.6 is 0 Å². The molecule has 0 radical (unpaired) electrons. The third kappa shape index (κ3) is 4.20. The van der Waals surface area contributed by atoms with Crippen molar-refractivity contribution >= 4 is 60.5 Å². The summed E-state index contributed by atoms with van der Waals surface area (Å²) in [5.74, 6) is 0. The van der Waals surface area contributed by atoms with Gasteiger partial charge in [-0.2, -0.15) is 0 Å². The van der Waals surface area contributed by atoms with E-state index < -0.39 is 0 Å². The predicted molar refractivity (Wildman–Crippen MR) is 206 cm³/mol. The molecule has 0 spiro atoms. The highest BCUT2D eigenvalue weighted by Crippen LogP contribution is 2.54. The first-order chi connectivity index (χ1) is 24.0. The maximum Gasteiger partial charge on any atom is 0.136 e. The second kappa shape index (κ2) is 10.4. The number of hydrogen-bond acceptors (Lipinski definition) is 2.